The lowest BCUT2D eigenvalue weighted by Gasteiger charge is -2.30. The number of rotatable bonds is 6. The Morgan fingerprint density at radius 1 is 1.44 bits per heavy atom. The topological polar surface area (TPSA) is 62.7 Å². The van der Waals surface area contributed by atoms with Gasteiger partial charge >= 0.3 is 0 Å². The fourth-order valence-corrected chi connectivity index (χ4v) is 1.89. The van der Waals surface area contributed by atoms with Crippen molar-refractivity contribution in [2.45, 2.75) is 25.4 Å². The number of likely N-dealkylation sites (N-methyl/N-ethyl adjacent to an activating group) is 2. The van der Waals surface area contributed by atoms with Gasteiger partial charge in [-0.25, -0.2) is 0 Å². The lowest BCUT2D eigenvalue weighted by Crippen LogP contribution is -2.43. The van der Waals surface area contributed by atoms with Gasteiger partial charge < -0.3 is 15.1 Å². The van der Waals surface area contributed by atoms with Gasteiger partial charge in [-0.05, 0) is 25.6 Å². The molecule has 0 aliphatic heterocycles. The number of nitrogens with zero attached hydrogens (tertiary/aromatic N) is 2. The number of furan rings is 1. The number of hydrogen-bond donors (Lipinski definition) is 1. The lowest BCUT2D eigenvalue weighted by molar-refractivity contribution is -0.130. The fourth-order valence-electron chi connectivity index (χ4n) is 1.89. The number of carbonyl (C=O) groups excluding carboxylic acids is 1. The summed E-state index contributed by atoms with van der Waals surface area (Å²) in [6.45, 7) is 2.36. The minimum absolute atomic E-state index is 0.0531. The van der Waals surface area contributed by atoms with Crippen LogP contribution in [0.1, 0.15) is 25.1 Å². The van der Waals surface area contributed by atoms with Gasteiger partial charge in [-0.2, -0.15) is 0 Å². The predicted molar refractivity (Wildman–Crippen MR) is 71.0 cm³/mol. The predicted octanol–water partition coefficient (Wildman–Crippen LogP) is 1.08. The SMILES string of the molecule is CCC(N)C(c1ccco1)N(C)CC(=O)N(C)C. The number of hydrogen-bond acceptors (Lipinski definition) is 4. The summed E-state index contributed by atoms with van der Waals surface area (Å²) in [7, 11) is 5.39. The molecule has 1 heterocycles. The Hall–Kier alpha value is -1.33. The average Bonchev–Trinajstić information content (AvgIpc) is 2.82. The van der Waals surface area contributed by atoms with Crippen LogP contribution in [0.15, 0.2) is 22.8 Å². The van der Waals surface area contributed by atoms with E-state index in [9.17, 15) is 4.79 Å². The van der Waals surface area contributed by atoms with Crippen LogP contribution in [0.2, 0.25) is 0 Å². The normalized spacial score (nSPS) is 14.6. The Morgan fingerprint density at radius 2 is 2.11 bits per heavy atom. The average molecular weight is 253 g/mol. The standard InChI is InChI=1S/C13H23N3O2/c1-5-10(14)13(11-7-6-8-18-11)16(4)9-12(17)15(2)3/h6-8,10,13H,5,9,14H2,1-4H3. The summed E-state index contributed by atoms with van der Waals surface area (Å²) in [5.41, 5.74) is 6.13. The van der Waals surface area contributed by atoms with Crippen LogP contribution in [-0.4, -0.2) is 49.4 Å². The molecule has 0 radical (unpaired) electrons. The molecule has 1 aromatic rings. The molecule has 0 saturated carbocycles. The largest absolute Gasteiger partial charge is 0.468 e. The zero-order chi connectivity index (χ0) is 13.7. The van der Waals surface area contributed by atoms with E-state index < -0.39 is 0 Å². The highest BCUT2D eigenvalue weighted by Gasteiger charge is 2.27. The maximum Gasteiger partial charge on any atom is 0.236 e. The molecular formula is C13H23N3O2. The third-order valence-electron chi connectivity index (χ3n) is 3.07. The van der Waals surface area contributed by atoms with Crippen molar-refractivity contribution >= 4 is 5.91 Å². The Morgan fingerprint density at radius 3 is 2.56 bits per heavy atom. The molecule has 0 fully saturated rings. The van der Waals surface area contributed by atoms with E-state index in [1.165, 1.54) is 0 Å². The van der Waals surface area contributed by atoms with Crippen LogP contribution in [0.5, 0.6) is 0 Å². The quantitative estimate of drug-likeness (QED) is 0.824. The van der Waals surface area contributed by atoms with Crippen molar-refractivity contribution < 1.29 is 9.21 Å². The third kappa shape index (κ3) is 3.58. The van der Waals surface area contributed by atoms with Gasteiger partial charge in [0.15, 0.2) is 0 Å². The molecule has 5 nitrogen and oxygen atoms in total. The summed E-state index contributed by atoms with van der Waals surface area (Å²) >= 11 is 0. The van der Waals surface area contributed by atoms with Crippen molar-refractivity contribution in [3.63, 3.8) is 0 Å². The van der Waals surface area contributed by atoms with Crippen molar-refractivity contribution in [3.8, 4) is 0 Å². The van der Waals surface area contributed by atoms with Crippen LogP contribution < -0.4 is 5.73 Å². The first-order valence-electron chi connectivity index (χ1n) is 6.16. The van der Waals surface area contributed by atoms with Crippen molar-refractivity contribution in [1.82, 2.24) is 9.80 Å². The Labute approximate surface area is 109 Å². The summed E-state index contributed by atoms with van der Waals surface area (Å²) in [6.07, 6.45) is 2.46. The summed E-state index contributed by atoms with van der Waals surface area (Å²) in [4.78, 5) is 15.3. The molecule has 1 aromatic heterocycles. The molecule has 0 aliphatic carbocycles. The number of nitrogens with two attached hydrogens (primary N) is 1. The molecule has 2 N–H and O–H groups in total. The first-order valence-corrected chi connectivity index (χ1v) is 6.16. The van der Waals surface area contributed by atoms with E-state index in [1.54, 1.807) is 25.3 Å². The van der Waals surface area contributed by atoms with E-state index in [0.717, 1.165) is 12.2 Å². The fraction of sp³-hybridized carbons (Fsp3) is 0.615. The second-order valence-corrected chi connectivity index (χ2v) is 4.74. The molecule has 5 heteroatoms. The molecule has 0 spiro atoms. The van der Waals surface area contributed by atoms with Crippen LogP contribution in [0, 0.1) is 0 Å². The molecule has 0 aliphatic rings. The van der Waals surface area contributed by atoms with E-state index in [4.69, 9.17) is 10.2 Å². The van der Waals surface area contributed by atoms with Crippen molar-refractivity contribution in [3.05, 3.63) is 24.2 Å². The molecule has 0 aromatic carbocycles. The molecule has 1 rings (SSSR count). The van der Waals surface area contributed by atoms with E-state index in [0.29, 0.717) is 6.54 Å². The van der Waals surface area contributed by atoms with Crippen LogP contribution in [0.25, 0.3) is 0 Å². The monoisotopic (exact) mass is 253 g/mol. The van der Waals surface area contributed by atoms with Gasteiger partial charge in [0, 0.05) is 20.1 Å². The van der Waals surface area contributed by atoms with E-state index in [2.05, 4.69) is 0 Å². The van der Waals surface area contributed by atoms with Gasteiger partial charge in [0.1, 0.15) is 5.76 Å². The molecule has 18 heavy (non-hydrogen) atoms. The van der Waals surface area contributed by atoms with E-state index in [1.807, 2.05) is 31.0 Å². The van der Waals surface area contributed by atoms with Gasteiger partial charge in [-0.15, -0.1) is 0 Å². The van der Waals surface area contributed by atoms with Crippen LogP contribution >= 0.6 is 0 Å². The highest BCUT2D eigenvalue weighted by Crippen LogP contribution is 2.24. The lowest BCUT2D eigenvalue weighted by atomic mass is 10.0. The molecule has 1 amide bonds. The summed E-state index contributed by atoms with van der Waals surface area (Å²) in [5, 5.41) is 0. The van der Waals surface area contributed by atoms with Crippen LogP contribution in [-0.2, 0) is 4.79 Å². The zero-order valence-corrected chi connectivity index (χ0v) is 11.6. The van der Waals surface area contributed by atoms with Gasteiger partial charge in [0.2, 0.25) is 5.91 Å². The maximum absolute atomic E-state index is 11.8. The molecule has 2 atom stereocenters. The summed E-state index contributed by atoms with van der Waals surface area (Å²) in [6, 6.07) is 3.60. The molecule has 2 unspecified atom stereocenters. The highest BCUT2D eigenvalue weighted by atomic mass is 16.3. The smallest absolute Gasteiger partial charge is 0.236 e. The molecule has 0 bridgehead atoms. The van der Waals surface area contributed by atoms with E-state index >= 15 is 0 Å². The second kappa shape index (κ2) is 6.56. The highest BCUT2D eigenvalue weighted by molar-refractivity contribution is 5.77. The Bertz CT molecular complexity index is 362. The number of carbonyl (C=O) groups is 1. The second-order valence-electron chi connectivity index (χ2n) is 4.74. The molecule has 102 valence electrons. The maximum atomic E-state index is 11.8. The van der Waals surface area contributed by atoms with Crippen molar-refractivity contribution in [1.29, 1.82) is 0 Å². The Kier molecular flexibility index (Phi) is 5.37. The van der Waals surface area contributed by atoms with Crippen LogP contribution in [0.4, 0.5) is 0 Å². The first-order chi connectivity index (χ1) is 8.47. The minimum Gasteiger partial charge on any atom is -0.468 e. The van der Waals surface area contributed by atoms with Crippen LogP contribution in [0.3, 0.4) is 0 Å². The van der Waals surface area contributed by atoms with Crippen molar-refractivity contribution in [2.75, 3.05) is 27.7 Å². The Balaban J connectivity index is 2.81. The molecular weight excluding hydrogens is 230 g/mol. The van der Waals surface area contributed by atoms with Gasteiger partial charge in [0.25, 0.3) is 0 Å². The van der Waals surface area contributed by atoms with Gasteiger partial charge in [-0.1, -0.05) is 6.92 Å². The van der Waals surface area contributed by atoms with E-state index in [-0.39, 0.29) is 18.0 Å². The minimum atomic E-state index is -0.0751. The first kappa shape index (κ1) is 14.7. The van der Waals surface area contributed by atoms with Gasteiger partial charge in [0.05, 0.1) is 18.8 Å². The number of amides is 1. The molecule has 0 saturated heterocycles. The van der Waals surface area contributed by atoms with Crippen molar-refractivity contribution in [2.24, 2.45) is 5.73 Å². The summed E-state index contributed by atoms with van der Waals surface area (Å²) in [5.74, 6) is 0.857. The zero-order valence-electron chi connectivity index (χ0n) is 11.6. The van der Waals surface area contributed by atoms with Gasteiger partial charge in [-0.3, -0.25) is 9.69 Å². The summed E-state index contributed by atoms with van der Waals surface area (Å²) < 4.78 is 5.44. The third-order valence-corrected chi connectivity index (χ3v) is 3.07.